The van der Waals surface area contributed by atoms with Gasteiger partial charge in [-0.15, -0.1) is 11.3 Å². The van der Waals surface area contributed by atoms with Crippen molar-refractivity contribution in [2.75, 3.05) is 23.7 Å². The number of aromatic nitrogens is 3. The molecule has 7 rings (SSSR count). The van der Waals surface area contributed by atoms with E-state index in [-0.39, 0.29) is 16.8 Å². The van der Waals surface area contributed by atoms with Crippen LogP contribution < -0.4 is 10.6 Å². The lowest BCUT2D eigenvalue weighted by Gasteiger charge is -2.33. The van der Waals surface area contributed by atoms with Crippen molar-refractivity contribution in [3.8, 4) is 0 Å². The molecule has 1 saturated carbocycles. The standard InChI is InChI=1S/C36H37F3N6OS/c1-4-33(46)42-25-8-5-23(6-9-25)29-17-32(29)45-21(2)15-28-22(3)24(7-10-31(28)45)19-44-13-11-26(12-14-44)43-34-30-16-27(18-36(37,38)39)47-35(30)41-20-40-34/h4-10,15-16,20,26,29,32H,1,11-14,17-19H2,2-3H3,(H,42,46)(H,40,41,43)/t29-,32-/m1/s1. The molecule has 244 valence electrons. The molecular formula is C36H37F3N6OS. The number of halogens is 3. The van der Waals surface area contributed by atoms with Crippen LogP contribution >= 0.6 is 11.3 Å². The van der Waals surface area contributed by atoms with Crippen molar-refractivity contribution in [3.63, 3.8) is 0 Å². The number of aryl methyl sites for hydroxylation is 2. The number of nitrogens with one attached hydrogen (secondary N) is 2. The van der Waals surface area contributed by atoms with E-state index in [1.54, 1.807) is 6.07 Å². The summed E-state index contributed by atoms with van der Waals surface area (Å²) in [6.45, 7) is 10.7. The Morgan fingerprint density at radius 3 is 2.55 bits per heavy atom. The summed E-state index contributed by atoms with van der Waals surface area (Å²) >= 11 is 1.08. The second-order valence-corrected chi connectivity index (χ2v) is 13.9. The highest BCUT2D eigenvalue weighted by Gasteiger charge is 2.41. The topological polar surface area (TPSA) is 75.1 Å². The predicted octanol–water partition coefficient (Wildman–Crippen LogP) is 8.30. The number of hydrogen-bond acceptors (Lipinski definition) is 6. The lowest BCUT2D eigenvalue weighted by Crippen LogP contribution is -2.39. The van der Waals surface area contributed by atoms with Gasteiger partial charge in [0.2, 0.25) is 5.91 Å². The SMILES string of the molecule is C=CC(=O)Nc1ccc([C@H]2C[C@H]2n2c(C)cc3c(C)c(CN4CCC(Nc5ncnc6sc(CC(F)(F)F)cc56)CC4)ccc32)cc1. The molecule has 0 bridgehead atoms. The summed E-state index contributed by atoms with van der Waals surface area (Å²) in [5, 5.41) is 8.28. The molecule has 1 saturated heterocycles. The summed E-state index contributed by atoms with van der Waals surface area (Å²) < 4.78 is 41.3. The quantitative estimate of drug-likeness (QED) is 0.156. The Morgan fingerprint density at radius 1 is 1.06 bits per heavy atom. The molecular weight excluding hydrogens is 621 g/mol. The number of thiophene rings is 1. The lowest BCUT2D eigenvalue weighted by atomic mass is 10.0. The molecule has 1 aliphatic heterocycles. The van der Waals surface area contributed by atoms with E-state index in [0.717, 1.165) is 55.9 Å². The first-order valence-corrected chi connectivity index (χ1v) is 16.8. The van der Waals surface area contributed by atoms with Gasteiger partial charge < -0.3 is 15.2 Å². The van der Waals surface area contributed by atoms with Crippen LogP contribution in [0.3, 0.4) is 0 Å². The number of alkyl halides is 3. The Balaban J connectivity index is 0.984. The van der Waals surface area contributed by atoms with E-state index in [9.17, 15) is 18.0 Å². The molecule has 2 fully saturated rings. The summed E-state index contributed by atoms with van der Waals surface area (Å²) in [4.78, 5) is 23.5. The second kappa shape index (κ2) is 12.4. The molecule has 2 aromatic carbocycles. The van der Waals surface area contributed by atoms with Gasteiger partial charge in [-0.05, 0) is 86.2 Å². The molecule has 7 nitrogen and oxygen atoms in total. The van der Waals surface area contributed by atoms with Gasteiger partial charge in [-0.25, -0.2) is 9.97 Å². The van der Waals surface area contributed by atoms with E-state index in [2.05, 4.69) is 80.8 Å². The zero-order valence-electron chi connectivity index (χ0n) is 26.4. The Hall–Kier alpha value is -4.22. The molecule has 2 N–H and O–H groups in total. The summed E-state index contributed by atoms with van der Waals surface area (Å²) in [6.07, 6.45) is 0.441. The van der Waals surface area contributed by atoms with Crippen LogP contribution in [0.2, 0.25) is 0 Å². The summed E-state index contributed by atoms with van der Waals surface area (Å²) in [6, 6.07) is 17.2. The van der Waals surface area contributed by atoms with Crippen molar-refractivity contribution in [3.05, 3.63) is 94.8 Å². The van der Waals surface area contributed by atoms with Crippen molar-refractivity contribution in [2.45, 2.75) is 70.3 Å². The fourth-order valence-corrected chi connectivity index (χ4v) is 8.06. The van der Waals surface area contributed by atoms with Crippen LogP contribution in [-0.4, -0.2) is 50.6 Å². The van der Waals surface area contributed by atoms with Crippen molar-refractivity contribution in [2.24, 2.45) is 0 Å². The first-order valence-electron chi connectivity index (χ1n) is 16.0. The molecule has 0 unspecified atom stereocenters. The summed E-state index contributed by atoms with van der Waals surface area (Å²) in [7, 11) is 0. The minimum atomic E-state index is -4.25. The average Bonchev–Trinajstić information content (AvgIpc) is 3.58. The van der Waals surface area contributed by atoms with E-state index in [1.807, 2.05) is 12.1 Å². The third-order valence-corrected chi connectivity index (χ3v) is 10.6. The minimum Gasteiger partial charge on any atom is -0.367 e. The number of carbonyl (C=O) groups is 1. The van der Waals surface area contributed by atoms with Crippen LogP contribution in [0, 0.1) is 13.8 Å². The molecule has 5 aromatic rings. The van der Waals surface area contributed by atoms with Gasteiger partial charge in [0.05, 0.1) is 11.8 Å². The highest BCUT2D eigenvalue weighted by Crippen LogP contribution is 2.53. The number of carbonyl (C=O) groups excluding carboxylic acids is 1. The number of amides is 1. The molecule has 2 aliphatic rings. The number of anilines is 2. The summed E-state index contributed by atoms with van der Waals surface area (Å²) in [5.41, 5.74) is 7.25. The predicted molar refractivity (Wildman–Crippen MR) is 182 cm³/mol. The first kappa shape index (κ1) is 31.4. The van der Waals surface area contributed by atoms with Crippen LogP contribution in [0.4, 0.5) is 24.7 Å². The van der Waals surface area contributed by atoms with Gasteiger partial charge in [0, 0.05) is 64.8 Å². The Bertz CT molecular complexity index is 1960. The Morgan fingerprint density at radius 2 is 1.83 bits per heavy atom. The molecule has 2 atom stereocenters. The van der Waals surface area contributed by atoms with Crippen molar-refractivity contribution in [1.82, 2.24) is 19.4 Å². The van der Waals surface area contributed by atoms with Gasteiger partial charge in [-0.1, -0.05) is 24.8 Å². The number of piperidine rings is 1. The molecule has 1 amide bonds. The largest absolute Gasteiger partial charge is 0.393 e. The van der Waals surface area contributed by atoms with Crippen LogP contribution in [0.5, 0.6) is 0 Å². The Labute approximate surface area is 275 Å². The monoisotopic (exact) mass is 658 g/mol. The second-order valence-electron chi connectivity index (χ2n) is 12.8. The van der Waals surface area contributed by atoms with E-state index >= 15 is 0 Å². The number of likely N-dealkylation sites (tertiary alicyclic amines) is 1. The highest BCUT2D eigenvalue weighted by molar-refractivity contribution is 7.18. The van der Waals surface area contributed by atoms with E-state index in [1.165, 1.54) is 45.7 Å². The molecule has 1 aliphatic carbocycles. The van der Waals surface area contributed by atoms with Crippen LogP contribution in [0.1, 0.15) is 58.5 Å². The molecule has 0 radical (unpaired) electrons. The maximum Gasteiger partial charge on any atom is 0.393 e. The van der Waals surface area contributed by atoms with Crippen LogP contribution in [-0.2, 0) is 17.8 Å². The van der Waals surface area contributed by atoms with Gasteiger partial charge in [0.1, 0.15) is 17.0 Å². The smallest absolute Gasteiger partial charge is 0.367 e. The van der Waals surface area contributed by atoms with Gasteiger partial charge >= 0.3 is 6.18 Å². The Kier molecular flexibility index (Phi) is 8.30. The number of benzene rings is 2. The van der Waals surface area contributed by atoms with E-state index in [0.29, 0.717) is 28.0 Å². The van der Waals surface area contributed by atoms with Crippen molar-refractivity contribution >= 4 is 49.9 Å². The van der Waals surface area contributed by atoms with Crippen molar-refractivity contribution in [1.29, 1.82) is 0 Å². The maximum absolute atomic E-state index is 12.9. The number of rotatable bonds is 9. The van der Waals surface area contributed by atoms with E-state index < -0.39 is 12.6 Å². The maximum atomic E-state index is 12.9. The van der Waals surface area contributed by atoms with Crippen molar-refractivity contribution < 1.29 is 18.0 Å². The fourth-order valence-electron chi connectivity index (χ4n) is 7.04. The van der Waals surface area contributed by atoms with Crippen LogP contribution in [0.25, 0.3) is 21.1 Å². The lowest BCUT2D eigenvalue weighted by molar-refractivity contribution is -0.126. The average molecular weight is 659 g/mol. The molecule has 3 aromatic heterocycles. The first-order chi connectivity index (χ1) is 22.6. The van der Waals surface area contributed by atoms with Crippen LogP contribution in [0.15, 0.2) is 67.5 Å². The third-order valence-electron chi connectivity index (χ3n) is 9.55. The number of nitrogens with zero attached hydrogens (tertiary/aromatic N) is 4. The molecule has 0 spiro atoms. The third kappa shape index (κ3) is 6.64. The highest BCUT2D eigenvalue weighted by atomic mass is 32.1. The minimum absolute atomic E-state index is 0.198. The molecule has 11 heteroatoms. The normalized spacial score (nSPS) is 18.9. The zero-order valence-corrected chi connectivity index (χ0v) is 27.2. The van der Waals surface area contributed by atoms with Gasteiger partial charge in [0.25, 0.3) is 0 Å². The molecule has 47 heavy (non-hydrogen) atoms. The van der Waals surface area contributed by atoms with Gasteiger partial charge in [-0.3, -0.25) is 9.69 Å². The fraction of sp³-hybridized carbons (Fsp3) is 0.361. The van der Waals surface area contributed by atoms with E-state index in [4.69, 9.17) is 0 Å². The zero-order chi connectivity index (χ0) is 32.9. The number of hydrogen-bond donors (Lipinski definition) is 2. The molecule has 4 heterocycles. The van der Waals surface area contributed by atoms with Gasteiger partial charge in [0.15, 0.2) is 0 Å². The summed E-state index contributed by atoms with van der Waals surface area (Å²) in [5.74, 6) is 0.854. The van der Waals surface area contributed by atoms with Gasteiger partial charge in [-0.2, -0.15) is 13.2 Å². The number of fused-ring (bicyclic) bond motifs is 2.